The first-order chi connectivity index (χ1) is 13.7. The van der Waals surface area contributed by atoms with Gasteiger partial charge in [0.05, 0.1) is 36.2 Å². The summed E-state index contributed by atoms with van der Waals surface area (Å²) < 4.78 is 5.28. The predicted octanol–water partition coefficient (Wildman–Crippen LogP) is 3.50. The van der Waals surface area contributed by atoms with Crippen LogP contribution < -0.4 is 10.1 Å². The molecule has 0 saturated heterocycles. The molecule has 0 unspecified atom stereocenters. The van der Waals surface area contributed by atoms with Crippen molar-refractivity contribution in [3.05, 3.63) is 89.2 Å². The molecular formula is C22H19N3O3. The molecule has 140 valence electrons. The molecule has 2 amide bonds. The number of para-hydroxylation sites is 2. The molecule has 1 N–H and O–H groups in total. The summed E-state index contributed by atoms with van der Waals surface area (Å²) in [6.45, 7) is 0.864. The van der Waals surface area contributed by atoms with Crippen LogP contribution in [0.25, 0.3) is 0 Å². The summed E-state index contributed by atoms with van der Waals surface area (Å²) in [7, 11) is 1.55. The van der Waals surface area contributed by atoms with E-state index in [2.05, 4.69) is 10.3 Å². The first-order valence-electron chi connectivity index (χ1n) is 8.93. The lowest BCUT2D eigenvalue weighted by Crippen LogP contribution is -2.25. The molecule has 0 radical (unpaired) electrons. The molecular weight excluding hydrogens is 354 g/mol. The summed E-state index contributed by atoms with van der Waals surface area (Å²) in [5, 5.41) is 2.85. The monoisotopic (exact) mass is 373 g/mol. The molecule has 2 heterocycles. The number of hydrogen-bond acceptors (Lipinski definition) is 4. The second-order valence-electron chi connectivity index (χ2n) is 6.48. The van der Waals surface area contributed by atoms with E-state index in [4.69, 9.17) is 4.74 Å². The van der Waals surface area contributed by atoms with Gasteiger partial charge in [-0.2, -0.15) is 0 Å². The van der Waals surface area contributed by atoms with Crippen LogP contribution >= 0.6 is 0 Å². The van der Waals surface area contributed by atoms with Crippen LogP contribution in [0.15, 0.2) is 66.9 Å². The van der Waals surface area contributed by atoms with Crippen LogP contribution in [0.1, 0.15) is 32.0 Å². The summed E-state index contributed by atoms with van der Waals surface area (Å²) in [6.07, 6.45) is 1.70. The number of benzene rings is 2. The third kappa shape index (κ3) is 3.32. The molecule has 6 heteroatoms. The van der Waals surface area contributed by atoms with Crippen LogP contribution in [0.5, 0.6) is 5.75 Å². The van der Waals surface area contributed by atoms with Gasteiger partial charge in [0.1, 0.15) is 5.75 Å². The minimum atomic E-state index is -0.339. The highest BCUT2D eigenvalue weighted by molar-refractivity contribution is 6.14. The number of methoxy groups -OCH3 is 1. The fourth-order valence-corrected chi connectivity index (χ4v) is 3.36. The maximum atomic E-state index is 13.0. The molecule has 2 aromatic carbocycles. The summed E-state index contributed by atoms with van der Waals surface area (Å²) in [6, 6.07) is 18.1. The van der Waals surface area contributed by atoms with Gasteiger partial charge < -0.3 is 15.0 Å². The number of hydrogen-bond donors (Lipinski definition) is 1. The Bertz CT molecular complexity index is 1030. The summed E-state index contributed by atoms with van der Waals surface area (Å²) >= 11 is 0. The van der Waals surface area contributed by atoms with Crippen LogP contribution in [-0.2, 0) is 13.1 Å². The number of pyridine rings is 1. The van der Waals surface area contributed by atoms with Gasteiger partial charge in [0, 0.05) is 12.7 Å². The highest BCUT2D eigenvalue weighted by atomic mass is 16.5. The molecule has 28 heavy (non-hydrogen) atoms. The quantitative estimate of drug-likeness (QED) is 0.743. The van der Waals surface area contributed by atoms with Gasteiger partial charge in [-0.25, -0.2) is 0 Å². The standard InChI is InChI=1S/C22H19N3O3/c1-28-19-11-3-2-10-18(19)24-21(26)17-9-6-7-15-13-25(22(27)20(15)17)14-16-8-4-5-12-23-16/h2-12H,13-14H2,1H3,(H,24,26). The van der Waals surface area contributed by atoms with E-state index < -0.39 is 0 Å². The molecule has 4 rings (SSSR count). The Hall–Kier alpha value is -3.67. The molecule has 0 spiro atoms. The second-order valence-corrected chi connectivity index (χ2v) is 6.48. The Morgan fingerprint density at radius 2 is 1.93 bits per heavy atom. The van der Waals surface area contributed by atoms with Crippen molar-refractivity contribution in [3.8, 4) is 5.75 Å². The molecule has 0 atom stereocenters. The molecule has 0 aliphatic carbocycles. The van der Waals surface area contributed by atoms with Gasteiger partial charge in [-0.1, -0.05) is 30.3 Å². The van der Waals surface area contributed by atoms with E-state index in [0.29, 0.717) is 35.7 Å². The maximum Gasteiger partial charge on any atom is 0.256 e. The average Bonchev–Trinajstić information content (AvgIpc) is 3.04. The Morgan fingerprint density at radius 1 is 1.11 bits per heavy atom. The highest BCUT2D eigenvalue weighted by Crippen LogP contribution is 2.29. The summed E-state index contributed by atoms with van der Waals surface area (Å²) in [5.74, 6) is 0.0624. The van der Waals surface area contributed by atoms with Crippen molar-refractivity contribution in [2.75, 3.05) is 12.4 Å². The number of carbonyl (C=O) groups is 2. The second kappa shape index (κ2) is 7.52. The van der Waals surface area contributed by atoms with Crippen molar-refractivity contribution >= 4 is 17.5 Å². The Balaban J connectivity index is 1.60. The Morgan fingerprint density at radius 3 is 2.71 bits per heavy atom. The van der Waals surface area contributed by atoms with E-state index in [1.165, 1.54) is 0 Å². The van der Waals surface area contributed by atoms with Gasteiger partial charge >= 0.3 is 0 Å². The van der Waals surface area contributed by atoms with E-state index in [0.717, 1.165) is 11.3 Å². The topological polar surface area (TPSA) is 71.5 Å². The number of ether oxygens (including phenoxy) is 1. The van der Waals surface area contributed by atoms with Crippen LogP contribution in [0.4, 0.5) is 5.69 Å². The number of amides is 2. The molecule has 0 saturated carbocycles. The van der Waals surface area contributed by atoms with Crippen molar-refractivity contribution in [3.63, 3.8) is 0 Å². The van der Waals surface area contributed by atoms with Crippen molar-refractivity contribution in [1.29, 1.82) is 0 Å². The summed E-state index contributed by atoms with van der Waals surface area (Å²) in [5.41, 5.74) is 3.02. The predicted molar refractivity (Wildman–Crippen MR) is 105 cm³/mol. The third-order valence-corrected chi connectivity index (χ3v) is 4.69. The number of nitrogens with one attached hydrogen (secondary N) is 1. The van der Waals surface area contributed by atoms with E-state index in [9.17, 15) is 9.59 Å². The molecule has 1 aliphatic rings. The molecule has 1 aromatic heterocycles. The normalized spacial score (nSPS) is 12.6. The van der Waals surface area contributed by atoms with Crippen LogP contribution in [-0.4, -0.2) is 28.8 Å². The van der Waals surface area contributed by atoms with E-state index in [1.807, 2.05) is 36.4 Å². The van der Waals surface area contributed by atoms with Crippen LogP contribution in [0, 0.1) is 0 Å². The van der Waals surface area contributed by atoms with Crippen molar-refractivity contribution in [2.45, 2.75) is 13.1 Å². The zero-order valence-corrected chi connectivity index (χ0v) is 15.4. The van der Waals surface area contributed by atoms with E-state index in [-0.39, 0.29) is 11.8 Å². The first-order valence-corrected chi connectivity index (χ1v) is 8.93. The number of carbonyl (C=O) groups excluding carboxylic acids is 2. The van der Waals surface area contributed by atoms with Crippen molar-refractivity contribution in [1.82, 2.24) is 9.88 Å². The van der Waals surface area contributed by atoms with E-state index >= 15 is 0 Å². The fourth-order valence-electron chi connectivity index (χ4n) is 3.36. The minimum absolute atomic E-state index is 0.161. The van der Waals surface area contributed by atoms with Crippen molar-refractivity contribution < 1.29 is 14.3 Å². The van der Waals surface area contributed by atoms with E-state index in [1.54, 1.807) is 42.5 Å². The maximum absolute atomic E-state index is 13.0. The summed E-state index contributed by atoms with van der Waals surface area (Å²) in [4.78, 5) is 31.9. The third-order valence-electron chi connectivity index (χ3n) is 4.69. The number of fused-ring (bicyclic) bond motifs is 1. The molecule has 0 bridgehead atoms. The lowest BCUT2D eigenvalue weighted by Gasteiger charge is -2.15. The van der Waals surface area contributed by atoms with Gasteiger partial charge in [0.25, 0.3) is 11.8 Å². The molecule has 1 aliphatic heterocycles. The number of aromatic nitrogens is 1. The zero-order chi connectivity index (χ0) is 19.5. The first kappa shape index (κ1) is 17.7. The average molecular weight is 373 g/mol. The molecule has 0 fully saturated rings. The van der Waals surface area contributed by atoms with Crippen molar-refractivity contribution in [2.24, 2.45) is 0 Å². The number of rotatable bonds is 5. The Kier molecular flexibility index (Phi) is 4.76. The fraction of sp³-hybridized carbons (Fsp3) is 0.136. The van der Waals surface area contributed by atoms with Gasteiger partial charge in [-0.15, -0.1) is 0 Å². The zero-order valence-electron chi connectivity index (χ0n) is 15.4. The molecule has 6 nitrogen and oxygen atoms in total. The van der Waals surface area contributed by atoms with Gasteiger partial charge in [-0.05, 0) is 35.9 Å². The smallest absolute Gasteiger partial charge is 0.256 e. The Labute approximate surface area is 162 Å². The largest absolute Gasteiger partial charge is 0.495 e. The number of anilines is 1. The lowest BCUT2D eigenvalue weighted by molar-refractivity contribution is 0.0761. The molecule has 3 aromatic rings. The van der Waals surface area contributed by atoms with Crippen LogP contribution in [0.2, 0.25) is 0 Å². The SMILES string of the molecule is COc1ccccc1NC(=O)c1cccc2c1C(=O)N(Cc1ccccn1)C2. The minimum Gasteiger partial charge on any atom is -0.495 e. The lowest BCUT2D eigenvalue weighted by atomic mass is 10.0. The number of nitrogens with zero attached hydrogens (tertiary/aromatic N) is 2. The van der Waals surface area contributed by atoms with Gasteiger partial charge in [0.15, 0.2) is 0 Å². The van der Waals surface area contributed by atoms with Gasteiger partial charge in [0.2, 0.25) is 0 Å². The van der Waals surface area contributed by atoms with Crippen LogP contribution in [0.3, 0.4) is 0 Å². The highest BCUT2D eigenvalue weighted by Gasteiger charge is 2.32. The van der Waals surface area contributed by atoms with Gasteiger partial charge in [-0.3, -0.25) is 14.6 Å².